The molecule has 0 aliphatic heterocycles. The van der Waals surface area contributed by atoms with Gasteiger partial charge in [-0.15, -0.1) is 0 Å². The third kappa shape index (κ3) is 4.31. The lowest BCUT2D eigenvalue weighted by molar-refractivity contribution is -0.119. The third-order valence-corrected chi connectivity index (χ3v) is 2.33. The van der Waals surface area contributed by atoms with Crippen molar-refractivity contribution in [2.24, 2.45) is 5.73 Å². The number of rotatable bonds is 6. The van der Waals surface area contributed by atoms with Crippen LogP contribution in [-0.4, -0.2) is 25.6 Å². The zero-order valence-electron chi connectivity index (χ0n) is 9.27. The van der Waals surface area contributed by atoms with Gasteiger partial charge in [-0.25, -0.2) is 9.18 Å². The van der Waals surface area contributed by atoms with Crippen molar-refractivity contribution >= 4 is 24.0 Å². The first kappa shape index (κ1) is 14.4. The highest BCUT2D eigenvalue weighted by molar-refractivity contribution is 6.30. The van der Waals surface area contributed by atoms with Gasteiger partial charge in [0.1, 0.15) is 18.5 Å². The highest BCUT2D eigenvalue weighted by Crippen LogP contribution is 2.21. The molecule has 98 valence electrons. The van der Waals surface area contributed by atoms with Crippen molar-refractivity contribution in [1.82, 2.24) is 0 Å². The minimum absolute atomic E-state index is 0.0312. The van der Waals surface area contributed by atoms with Crippen LogP contribution in [0.2, 0.25) is 5.02 Å². The molecule has 1 rings (SSSR count). The first-order valence-corrected chi connectivity index (χ1v) is 5.36. The Labute approximate surface area is 108 Å². The van der Waals surface area contributed by atoms with Gasteiger partial charge in [0.25, 0.3) is 0 Å². The second-order valence-corrected chi connectivity index (χ2v) is 3.68. The number of carbonyl (C=O) groups excluding carboxylic acids is 2. The zero-order valence-corrected chi connectivity index (χ0v) is 10.0. The molecule has 0 saturated heterocycles. The predicted molar refractivity (Wildman–Crippen MR) is 61.7 cm³/mol. The van der Waals surface area contributed by atoms with Crippen LogP contribution in [0, 0.1) is 5.82 Å². The molecule has 0 bridgehead atoms. The van der Waals surface area contributed by atoms with Crippen LogP contribution in [0.5, 0.6) is 0 Å². The summed E-state index contributed by atoms with van der Waals surface area (Å²) >= 11 is 5.51. The normalized spacial score (nSPS) is 11.9. The fourth-order valence-corrected chi connectivity index (χ4v) is 1.34. The molecule has 0 aliphatic rings. The Morgan fingerprint density at radius 1 is 1.50 bits per heavy atom. The summed E-state index contributed by atoms with van der Waals surface area (Å²) < 4.78 is 22.7. The predicted octanol–water partition coefficient (Wildman–Crippen LogP) is 1.83. The van der Waals surface area contributed by atoms with E-state index in [9.17, 15) is 14.0 Å². The van der Waals surface area contributed by atoms with Crippen molar-refractivity contribution in [3.63, 3.8) is 0 Å². The van der Waals surface area contributed by atoms with E-state index >= 15 is 0 Å². The highest BCUT2D eigenvalue weighted by atomic mass is 35.5. The van der Waals surface area contributed by atoms with E-state index in [0.717, 1.165) is 6.07 Å². The first-order valence-electron chi connectivity index (χ1n) is 4.98. The summed E-state index contributed by atoms with van der Waals surface area (Å²) in [7, 11) is 0. The van der Waals surface area contributed by atoms with Crippen molar-refractivity contribution in [3.05, 3.63) is 34.6 Å². The highest BCUT2D eigenvalue weighted by Gasteiger charge is 2.13. The SMILES string of the molecule is NC(=O)OCCOC(C=O)c1ccc(Cl)c(F)c1. The number of nitrogens with two attached hydrogens (primary N) is 1. The van der Waals surface area contributed by atoms with Gasteiger partial charge < -0.3 is 20.0 Å². The van der Waals surface area contributed by atoms with Crippen LogP contribution in [0.15, 0.2) is 18.2 Å². The molecule has 0 saturated carbocycles. The number of benzene rings is 1. The molecule has 7 heteroatoms. The van der Waals surface area contributed by atoms with Crippen molar-refractivity contribution in [2.75, 3.05) is 13.2 Å². The van der Waals surface area contributed by atoms with Gasteiger partial charge in [0.2, 0.25) is 0 Å². The van der Waals surface area contributed by atoms with Crippen LogP contribution in [0.3, 0.4) is 0 Å². The first-order chi connectivity index (χ1) is 8.54. The van der Waals surface area contributed by atoms with Gasteiger partial charge in [0.15, 0.2) is 6.29 Å². The van der Waals surface area contributed by atoms with E-state index in [1.54, 1.807) is 0 Å². The van der Waals surface area contributed by atoms with Gasteiger partial charge in [0, 0.05) is 0 Å². The van der Waals surface area contributed by atoms with E-state index in [4.69, 9.17) is 22.1 Å². The molecule has 0 aliphatic carbocycles. The molecule has 0 spiro atoms. The molecule has 0 heterocycles. The Hall–Kier alpha value is -1.66. The van der Waals surface area contributed by atoms with E-state index < -0.39 is 18.0 Å². The molecule has 5 nitrogen and oxygen atoms in total. The molecule has 0 radical (unpaired) electrons. The van der Waals surface area contributed by atoms with Crippen LogP contribution in [0.1, 0.15) is 11.7 Å². The Kier molecular flexibility index (Phi) is 5.54. The summed E-state index contributed by atoms with van der Waals surface area (Å²) in [4.78, 5) is 21.1. The second-order valence-electron chi connectivity index (χ2n) is 3.27. The molecular weight excluding hydrogens is 265 g/mol. The fourth-order valence-electron chi connectivity index (χ4n) is 1.22. The Bertz CT molecular complexity index is 441. The lowest BCUT2D eigenvalue weighted by Crippen LogP contribution is -2.18. The number of halogens is 2. The van der Waals surface area contributed by atoms with Crippen LogP contribution < -0.4 is 5.73 Å². The van der Waals surface area contributed by atoms with Gasteiger partial charge in [-0.2, -0.15) is 0 Å². The number of hydrogen-bond donors (Lipinski definition) is 1. The molecule has 1 aromatic rings. The molecule has 18 heavy (non-hydrogen) atoms. The van der Waals surface area contributed by atoms with Gasteiger partial charge >= 0.3 is 6.09 Å². The van der Waals surface area contributed by atoms with Crippen LogP contribution in [0.4, 0.5) is 9.18 Å². The number of aldehydes is 1. The smallest absolute Gasteiger partial charge is 0.404 e. The third-order valence-electron chi connectivity index (χ3n) is 2.02. The van der Waals surface area contributed by atoms with Gasteiger partial charge in [-0.1, -0.05) is 17.7 Å². The minimum Gasteiger partial charge on any atom is -0.447 e. The van der Waals surface area contributed by atoms with Crippen molar-refractivity contribution < 1.29 is 23.5 Å². The van der Waals surface area contributed by atoms with E-state index in [-0.39, 0.29) is 18.2 Å². The van der Waals surface area contributed by atoms with E-state index in [1.807, 2.05) is 0 Å². The maximum atomic E-state index is 13.2. The number of hydrogen-bond acceptors (Lipinski definition) is 4. The molecule has 0 fully saturated rings. The quantitative estimate of drug-likeness (QED) is 0.634. The largest absolute Gasteiger partial charge is 0.447 e. The maximum Gasteiger partial charge on any atom is 0.404 e. The van der Waals surface area contributed by atoms with Crippen LogP contribution in [0.25, 0.3) is 0 Å². The Morgan fingerprint density at radius 3 is 2.78 bits per heavy atom. The maximum absolute atomic E-state index is 13.2. The number of carbonyl (C=O) groups is 2. The lowest BCUT2D eigenvalue weighted by Gasteiger charge is -2.12. The molecule has 1 unspecified atom stereocenters. The average molecular weight is 276 g/mol. The molecule has 1 aromatic carbocycles. The molecule has 2 N–H and O–H groups in total. The number of primary amides is 1. The monoisotopic (exact) mass is 275 g/mol. The molecule has 1 amide bonds. The molecule has 0 aromatic heterocycles. The minimum atomic E-state index is -0.951. The Balaban J connectivity index is 2.57. The number of ether oxygens (including phenoxy) is 2. The van der Waals surface area contributed by atoms with Crippen molar-refractivity contribution in [2.45, 2.75) is 6.10 Å². The van der Waals surface area contributed by atoms with E-state index in [1.165, 1.54) is 12.1 Å². The Morgan fingerprint density at radius 2 is 2.22 bits per heavy atom. The fraction of sp³-hybridized carbons (Fsp3) is 0.273. The summed E-state index contributed by atoms with van der Waals surface area (Å²) in [5, 5.41) is -0.0412. The lowest BCUT2D eigenvalue weighted by atomic mass is 10.1. The second kappa shape index (κ2) is 6.93. The standard InChI is InChI=1S/C11H11ClFNO4/c12-8-2-1-7(5-9(8)13)10(6-15)17-3-4-18-11(14)16/h1-2,5-6,10H,3-4H2,(H2,14,16). The molecular formula is C11H11ClFNO4. The summed E-state index contributed by atoms with van der Waals surface area (Å²) in [5.41, 5.74) is 5.06. The topological polar surface area (TPSA) is 78.6 Å². The van der Waals surface area contributed by atoms with E-state index in [0.29, 0.717) is 11.8 Å². The van der Waals surface area contributed by atoms with Gasteiger partial charge in [-0.05, 0) is 17.7 Å². The van der Waals surface area contributed by atoms with Crippen molar-refractivity contribution in [1.29, 1.82) is 0 Å². The summed E-state index contributed by atoms with van der Waals surface area (Å²) in [6, 6.07) is 3.90. The zero-order chi connectivity index (χ0) is 13.5. The van der Waals surface area contributed by atoms with Crippen molar-refractivity contribution in [3.8, 4) is 0 Å². The summed E-state index contributed by atoms with van der Waals surface area (Å²) in [6.45, 7) is -0.119. The van der Waals surface area contributed by atoms with Crippen LogP contribution >= 0.6 is 11.6 Å². The number of amides is 1. The molecule has 1 atom stereocenters. The summed E-state index contributed by atoms with van der Waals surface area (Å²) in [6.07, 6.45) is -1.38. The van der Waals surface area contributed by atoms with Crippen LogP contribution in [-0.2, 0) is 14.3 Å². The van der Waals surface area contributed by atoms with E-state index in [2.05, 4.69) is 4.74 Å². The van der Waals surface area contributed by atoms with Gasteiger partial charge in [0.05, 0.1) is 11.6 Å². The average Bonchev–Trinajstić information content (AvgIpc) is 2.33. The van der Waals surface area contributed by atoms with Gasteiger partial charge in [-0.3, -0.25) is 0 Å². The summed E-state index contributed by atoms with van der Waals surface area (Å²) in [5.74, 6) is -0.641.